The Balaban J connectivity index is 2.11. The third-order valence-electron chi connectivity index (χ3n) is 4.20. The highest BCUT2D eigenvalue weighted by atomic mass is 32.1. The molecule has 0 radical (unpaired) electrons. The zero-order valence-corrected chi connectivity index (χ0v) is 13.0. The second kappa shape index (κ2) is 4.71. The summed E-state index contributed by atoms with van der Waals surface area (Å²) in [5, 5.41) is 2.76. The van der Waals surface area contributed by atoms with Crippen LogP contribution in [0.25, 0.3) is 31.3 Å². The summed E-state index contributed by atoms with van der Waals surface area (Å²) in [4.78, 5) is 0. The molecule has 0 aliphatic rings. The Morgan fingerprint density at radius 2 is 1.48 bits per heavy atom. The lowest BCUT2D eigenvalue weighted by Crippen LogP contribution is -1.79. The highest BCUT2D eigenvalue weighted by Crippen LogP contribution is 2.40. The van der Waals surface area contributed by atoms with Crippen LogP contribution in [0.1, 0.15) is 11.1 Å². The van der Waals surface area contributed by atoms with E-state index in [0.29, 0.717) is 0 Å². The van der Waals surface area contributed by atoms with Crippen LogP contribution in [-0.2, 0) is 0 Å². The quantitative estimate of drug-likeness (QED) is 0.383. The first-order chi connectivity index (χ1) is 10.2. The SMILES string of the molecule is Cc1cc2sc3c(-c4ccccc4)cccc3c2cc1C. The number of benzene rings is 3. The molecule has 4 aromatic rings. The monoisotopic (exact) mass is 288 g/mol. The Morgan fingerprint density at radius 3 is 2.29 bits per heavy atom. The van der Waals surface area contributed by atoms with Crippen LogP contribution in [0.3, 0.4) is 0 Å². The third kappa shape index (κ3) is 1.97. The Labute approximate surface area is 128 Å². The zero-order valence-electron chi connectivity index (χ0n) is 12.2. The van der Waals surface area contributed by atoms with Crippen molar-refractivity contribution in [1.82, 2.24) is 0 Å². The van der Waals surface area contributed by atoms with E-state index in [4.69, 9.17) is 0 Å². The van der Waals surface area contributed by atoms with E-state index < -0.39 is 0 Å². The van der Waals surface area contributed by atoms with Gasteiger partial charge in [-0.05, 0) is 48.2 Å². The van der Waals surface area contributed by atoms with E-state index in [-0.39, 0.29) is 0 Å². The summed E-state index contributed by atoms with van der Waals surface area (Å²) in [5.41, 5.74) is 5.37. The standard InChI is InChI=1S/C20H16S/c1-13-11-18-17-10-6-9-16(15-7-4-3-5-8-15)20(17)21-19(18)12-14(13)2/h3-12H,1-2H3. The smallest absolute Gasteiger partial charge is 0.0433 e. The van der Waals surface area contributed by atoms with Gasteiger partial charge in [-0.1, -0.05) is 48.5 Å². The molecular formula is C20H16S. The molecule has 4 rings (SSSR count). The van der Waals surface area contributed by atoms with Gasteiger partial charge in [-0.15, -0.1) is 11.3 Å². The van der Waals surface area contributed by atoms with Crippen molar-refractivity contribution < 1.29 is 0 Å². The molecule has 0 aliphatic heterocycles. The van der Waals surface area contributed by atoms with Gasteiger partial charge in [0.1, 0.15) is 0 Å². The van der Waals surface area contributed by atoms with Crippen LogP contribution in [0.5, 0.6) is 0 Å². The molecule has 0 amide bonds. The molecule has 0 N–H and O–H groups in total. The van der Waals surface area contributed by atoms with Gasteiger partial charge in [0.2, 0.25) is 0 Å². The van der Waals surface area contributed by atoms with Gasteiger partial charge in [-0.2, -0.15) is 0 Å². The summed E-state index contributed by atoms with van der Waals surface area (Å²) >= 11 is 1.91. The zero-order chi connectivity index (χ0) is 14.4. The van der Waals surface area contributed by atoms with Gasteiger partial charge in [0, 0.05) is 20.2 Å². The van der Waals surface area contributed by atoms with E-state index in [1.807, 2.05) is 11.3 Å². The molecule has 21 heavy (non-hydrogen) atoms. The van der Waals surface area contributed by atoms with E-state index in [2.05, 4.69) is 74.5 Å². The minimum absolute atomic E-state index is 1.29. The summed E-state index contributed by atoms with van der Waals surface area (Å²) < 4.78 is 2.78. The van der Waals surface area contributed by atoms with Crippen LogP contribution in [0.4, 0.5) is 0 Å². The summed E-state index contributed by atoms with van der Waals surface area (Å²) in [5.74, 6) is 0. The van der Waals surface area contributed by atoms with Crippen molar-refractivity contribution in [3.63, 3.8) is 0 Å². The molecule has 0 saturated carbocycles. The summed E-state index contributed by atoms with van der Waals surface area (Å²) in [6.07, 6.45) is 0. The minimum atomic E-state index is 1.29. The topological polar surface area (TPSA) is 0 Å². The van der Waals surface area contributed by atoms with Crippen molar-refractivity contribution in [2.75, 3.05) is 0 Å². The maximum absolute atomic E-state index is 2.33. The fraction of sp³-hybridized carbons (Fsp3) is 0.100. The van der Waals surface area contributed by atoms with Gasteiger partial charge in [-0.25, -0.2) is 0 Å². The van der Waals surface area contributed by atoms with E-state index in [1.165, 1.54) is 42.4 Å². The molecule has 0 spiro atoms. The highest BCUT2D eigenvalue weighted by molar-refractivity contribution is 7.26. The molecule has 1 heterocycles. The Bertz CT molecular complexity index is 946. The molecule has 0 fully saturated rings. The molecule has 1 aromatic heterocycles. The lowest BCUT2D eigenvalue weighted by molar-refractivity contribution is 1.37. The molecule has 0 aliphatic carbocycles. The maximum Gasteiger partial charge on any atom is 0.0433 e. The molecule has 1 heteroatoms. The van der Waals surface area contributed by atoms with E-state index in [0.717, 1.165) is 0 Å². The fourth-order valence-corrected chi connectivity index (χ4v) is 4.22. The molecule has 3 aromatic carbocycles. The van der Waals surface area contributed by atoms with Crippen LogP contribution in [0.15, 0.2) is 60.7 Å². The van der Waals surface area contributed by atoms with E-state index >= 15 is 0 Å². The molecule has 0 bridgehead atoms. The van der Waals surface area contributed by atoms with Crippen molar-refractivity contribution in [2.45, 2.75) is 13.8 Å². The van der Waals surface area contributed by atoms with Crippen molar-refractivity contribution in [1.29, 1.82) is 0 Å². The first kappa shape index (κ1) is 12.6. The molecular weight excluding hydrogens is 272 g/mol. The lowest BCUT2D eigenvalue weighted by Gasteiger charge is -2.03. The Hall–Kier alpha value is -2.12. The number of thiophene rings is 1. The van der Waals surface area contributed by atoms with E-state index in [9.17, 15) is 0 Å². The van der Waals surface area contributed by atoms with E-state index in [1.54, 1.807) is 0 Å². The van der Waals surface area contributed by atoms with Gasteiger partial charge in [-0.3, -0.25) is 0 Å². The second-order valence-electron chi connectivity index (χ2n) is 5.58. The Kier molecular flexibility index (Phi) is 2.83. The van der Waals surface area contributed by atoms with Crippen LogP contribution in [0.2, 0.25) is 0 Å². The van der Waals surface area contributed by atoms with Crippen LogP contribution >= 0.6 is 11.3 Å². The average molecular weight is 288 g/mol. The van der Waals surface area contributed by atoms with Gasteiger partial charge >= 0.3 is 0 Å². The highest BCUT2D eigenvalue weighted by Gasteiger charge is 2.10. The lowest BCUT2D eigenvalue weighted by atomic mass is 10.0. The largest absolute Gasteiger partial charge is 0.135 e. The van der Waals surface area contributed by atoms with Gasteiger partial charge in [0.05, 0.1) is 0 Å². The molecule has 0 saturated heterocycles. The molecule has 0 nitrogen and oxygen atoms in total. The summed E-state index contributed by atoms with van der Waals surface area (Å²) in [7, 11) is 0. The maximum atomic E-state index is 2.33. The molecule has 102 valence electrons. The van der Waals surface area contributed by atoms with Crippen LogP contribution in [0, 0.1) is 13.8 Å². The van der Waals surface area contributed by atoms with Crippen molar-refractivity contribution in [3.8, 4) is 11.1 Å². The van der Waals surface area contributed by atoms with Crippen molar-refractivity contribution in [2.24, 2.45) is 0 Å². The number of hydrogen-bond acceptors (Lipinski definition) is 1. The number of rotatable bonds is 1. The van der Waals surface area contributed by atoms with Crippen molar-refractivity contribution >= 4 is 31.5 Å². The first-order valence-electron chi connectivity index (χ1n) is 7.22. The predicted molar refractivity (Wildman–Crippen MR) is 94.2 cm³/mol. The average Bonchev–Trinajstić information content (AvgIpc) is 2.86. The third-order valence-corrected chi connectivity index (χ3v) is 5.40. The normalized spacial score (nSPS) is 11.3. The van der Waals surface area contributed by atoms with Crippen molar-refractivity contribution in [3.05, 3.63) is 71.8 Å². The fourth-order valence-electron chi connectivity index (χ4n) is 2.90. The van der Waals surface area contributed by atoms with Gasteiger partial charge < -0.3 is 0 Å². The van der Waals surface area contributed by atoms with Gasteiger partial charge in [0.15, 0.2) is 0 Å². The predicted octanol–water partition coefficient (Wildman–Crippen LogP) is 6.34. The number of fused-ring (bicyclic) bond motifs is 3. The molecule has 0 unspecified atom stereocenters. The minimum Gasteiger partial charge on any atom is -0.135 e. The number of aryl methyl sites for hydroxylation is 2. The summed E-state index contributed by atoms with van der Waals surface area (Å²) in [6, 6.07) is 22.0. The first-order valence-corrected chi connectivity index (χ1v) is 8.03. The Morgan fingerprint density at radius 1 is 0.714 bits per heavy atom. The summed E-state index contributed by atoms with van der Waals surface area (Å²) in [6.45, 7) is 4.39. The molecule has 0 atom stereocenters. The second-order valence-corrected chi connectivity index (χ2v) is 6.64. The van der Waals surface area contributed by atoms with Gasteiger partial charge in [0.25, 0.3) is 0 Å². The number of hydrogen-bond donors (Lipinski definition) is 0. The van der Waals surface area contributed by atoms with Crippen LogP contribution < -0.4 is 0 Å². The van der Waals surface area contributed by atoms with Crippen LogP contribution in [-0.4, -0.2) is 0 Å².